The van der Waals surface area contributed by atoms with Crippen molar-refractivity contribution in [2.75, 3.05) is 12.0 Å². The Labute approximate surface area is 177 Å². The zero-order valence-electron chi connectivity index (χ0n) is 17.8. The smallest absolute Gasteiger partial charge is 0.179 e. The summed E-state index contributed by atoms with van der Waals surface area (Å²) in [5.41, 5.74) is 2.28. The summed E-state index contributed by atoms with van der Waals surface area (Å²) >= 11 is 1.57. The van der Waals surface area contributed by atoms with Gasteiger partial charge in [0.25, 0.3) is 0 Å². The Morgan fingerprint density at radius 3 is 2.55 bits per heavy atom. The molecule has 0 amide bonds. The third kappa shape index (κ3) is 4.19. The number of ketones is 2. The molecule has 0 radical (unpaired) electrons. The van der Waals surface area contributed by atoms with Crippen LogP contribution in [-0.4, -0.2) is 43.3 Å². The lowest BCUT2D eigenvalue weighted by Crippen LogP contribution is -2.37. The van der Waals surface area contributed by atoms with Gasteiger partial charge in [-0.15, -0.1) is 0 Å². The largest absolute Gasteiger partial charge is 0.371 e. The van der Waals surface area contributed by atoms with Crippen molar-refractivity contribution >= 4 is 33.2 Å². The van der Waals surface area contributed by atoms with E-state index >= 15 is 0 Å². The summed E-state index contributed by atoms with van der Waals surface area (Å²) in [5, 5.41) is -0.0223. The first-order valence-electron chi connectivity index (χ1n) is 10.2. The summed E-state index contributed by atoms with van der Waals surface area (Å²) in [4.78, 5) is 26.4. The number of sulfone groups is 1. The van der Waals surface area contributed by atoms with Crippen LogP contribution in [0.4, 0.5) is 0 Å². The van der Waals surface area contributed by atoms with Gasteiger partial charge in [0.05, 0.1) is 28.8 Å². The van der Waals surface area contributed by atoms with Crippen molar-refractivity contribution in [2.45, 2.75) is 75.7 Å². The van der Waals surface area contributed by atoms with Crippen LogP contribution >= 0.6 is 11.8 Å². The van der Waals surface area contributed by atoms with Crippen molar-refractivity contribution < 1.29 is 22.7 Å². The first kappa shape index (κ1) is 22.5. The maximum absolute atomic E-state index is 13.5. The molecule has 7 heteroatoms. The van der Waals surface area contributed by atoms with Gasteiger partial charge in [-0.1, -0.05) is 0 Å². The molecule has 5 nitrogen and oxygen atoms in total. The third-order valence-corrected chi connectivity index (χ3v) is 9.02. The van der Waals surface area contributed by atoms with Gasteiger partial charge in [-0.3, -0.25) is 9.59 Å². The molecule has 0 N–H and O–H groups in total. The summed E-state index contributed by atoms with van der Waals surface area (Å²) in [5.74, 6) is -0.790. The molecule has 1 aromatic carbocycles. The van der Waals surface area contributed by atoms with Crippen LogP contribution in [0.15, 0.2) is 11.0 Å². The second-order valence-corrected chi connectivity index (χ2v) is 11.5. The molecule has 0 aromatic heterocycles. The Kier molecular flexibility index (Phi) is 6.61. The molecule has 1 saturated carbocycles. The molecule has 1 aliphatic carbocycles. The lowest BCUT2D eigenvalue weighted by molar-refractivity contribution is -0.122. The quantitative estimate of drug-likeness (QED) is 0.506. The normalized spacial score (nSPS) is 26.4. The van der Waals surface area contributed by atoms with Gasteiger partial charge in [0.15, 0.2) is 15.6 Å². The van der Waals surface area contributed by atoms with Gasteiger partial charge in [0.2, 0.25) is 0 Å². The molecular weight excluding hydrogens is 408 g/mol. The summed E-state index contributed by atoms with van der Waals surface area (Å²) < 4.78 is 31.7. The Morgan fingerprint density at radius 2 is 1.93 bits per heavy atom. The van der Waals surface area contributed by atoms with Crippen LogP contribution in [-0.2, 0) is 19.4 Å². The Hall–Kier alpha value is -1.18. The number of carbonyl (C=O) groups excluding carboxylic acids is 2. The Bertz CT molecular complexity index is 933. The van der Waals surface area contributed by atoms with Gasteiger partial charge in [-0.05, 0) is 70.4 Å². The van der Waals surface area contributed by atoms with Crippen molar-refractivity contribution in [1.29, 1.82) is 0 Å². The first-order valence-corrected chi connectivity index (χ1v) is 13.1. The van der Waals surface area contributed by atoms with E-state index in [0.717, 1.165) is 12.8 Å². The van der Waals surface area contributed by atoms with E-state index in [9.17, 15) is 18.0 Å². The highest BCUT2D eigenvalue weighted by Crippen LogP contribution is 2.42. The number of rotatable bonds is 5. The third-order valence-electron chi connectivity index (χ3n) is 5.97. The molecule has 29 heavy (non-hydrogen) atoms. The van der Waals surface area contributed by atoms with E-state index in [4.69, 9.17) is 4.74 Å². The predicted octanol–water partition coefficient (Wildman–Crippen LogP) is 4.23. The second kappa shape index (κ2) is 8.52. The van der Waals surface area contributed by atoms with Gasteiger partial charge >= 0.3 is 0 Å². The number of aryl methyl sites for hydroxylation is 1. The molecule has 3 rings (SSSR count). The SMILES string of the molecule is CSC1CCCC(=O)C1C(=O)c1cc(C)c2c(c1C)C(OC(C)C)CCS2(=O)=O. The van der Waals surface area contributed by atoms with E-state index in [1.165, 1.54) is 0 Å². The van der Waals surface area contributed by atoms with E-state index in [1.807, 2.05) is 20.1 Å². The van der Waals surface area contributed by atoms with Crippen LogP contribution in [0, 0.1) is 19.8 Å². The maximum atomic E-state index is 13.5. The summed E-state index contributed by atoms with van der Waals surface area (Å²) in [7, 11) is -3.42. The van der Waals surface area contributed by atoms with Crippen molar-refractivity contribution in [3.05, 3.63) is 28.3 Å². The molecule has 3 atom stereocenters. The summed E-state index contributed by atoms with van der Waals surface area (Å²) in [6.45, 7) is 7.37. The lowest BCUT2D eigenvalue weighted by atomic mass is 9.80. The van der Waals surface area contributed by atoms with Crippen LogP contribution in [0.1, 0.15) is 72.7 Å². The molecule has 160 valence electrons. The molecule has 1 aliphatic heterocycles. The van der Waals surface area contributed by atoms with E-state index < -0.39 is 15.8 Å². The molecular formula is C22H30O5S2. The van der Waals surface area contributed by atoms with Crippen molar-refractivity contribution in [2.24, 2.45) is 5.92 Å². The Morgan fingerprint density at radius 1 is 1.24 bits per heavy atom. The minimum atomic E-state index is -3.42. The highest BCUT2D eigenvalue weighted by molar-refractivity contribution is 7.99. The molecule has 1 heterocycles. The highest BCUT2D eigenvalue weighted by Gasteiger charge is 2.40. The van der Waals surface area contributed by atoms with Crippen LogP contribution < -0.4 is 0 Å². The molecule has 3 unspecified atom stereocenters. The van der Waals surface area contributed by atoms with Gasteiger partial charge < -0.3 is 4.74 Å². The summed E-state index contributed by atoms with van der Waals surface area (Å²) in [6.07, 6.45) is 3.99. The number of carbonyl (C=O) groups is 2. The minimum Gasteiger partial charge on any atom is -0.371 e. The van der Waals surface area contributed by atoms with Gasteiger partial charge in [-0.25, -0.2) is 8.42 Å². The second-order valence-electron chi connectivity index (χ2n) is 8.36. The fraction of sp³-hybridized carbons (Fsp3) is 0.636. The molecule has 2 aliphatic rings. The van der Waals surface area contributed by atoms with E-state index in [2.05, 4.69) is 0 Å². The lowest BCUT2D eigenvalue weighted by Gasteiger charge is -2.32. The minimum absolute atomic E-state index is 0.00187. The molecule has 0 bridgehead atoms. The van der Waals surface area contributed by atoms with E-state index in [1.54, 1.807) is 31.7 Å². The van der Waals surface area contributed by atoms with E-state index in [-0.39, 0.29) is 34.8 Å². The topological polar surface area (TPSA) is 77.5 Å². The number of benzene rings is 1. The fourth-order valence-electron chi connectivity index (χ4n) is 4.69. The monoisotopic (exact) mass is 438 g/mol. The molecule has 1 aromatic rings. The van der Waals surface area contributed by atoms with Crippen LogP contribution in [0.25, 0.3) is 0 Å². The molecule has 0 spiro atoms. The average Bonchev–Trinajstić information content (AvgIpc) is 2.64. The zero-order chi connectivity index (χ0) is 21.5. The maximum Gasteiger partial charge on any atom is 0.179 e. The predicted molar refractivity (Wildman–Crippen MR) is 116 cm³/mol. The van der Waals surface area contributed by atoms with Crippen LogP contribution in [0.2, 0.25) is 0 Å². The number of hydrogen-bond acceptors (Lipinski definition) is 6. The number of fused-ring (bicyclic) bond motifs is 1. The van der Waals surface area contributed by atoms with E-state index in [0.29, 0.717) is 40.0 Å². The van der Waals surface area contributed by atoms with Gasteiger partial charge in [0.1, 0.15) is 5.78 Å². The van der Waals surface area contributed by atoms with Crippen LogP contribution in [0.5, 0.6) is 0 Å². The van der Waals surface area contributed by atoms with Gasteiger partial charge in [0, 0.05) is 22.8 Å². The van der Waals surface area contributed by atoms with Crippen LogP contribution in [0.3, 0.4) is 0 Å². The molecule has 0 saturated heterocycles. The fourth-order valence-corrected chi connectivity index (χ4v) is 7.54. The number of hydrogen-bond donors (Lipinski definition) is 0. The highest BCUT2D eigenvalue weighted by atomic mass is 32.2. The molecule has 1 fully saturated rings. The number of thioether (sulfide) groups is 1. The first-order chi connectivity index (χ1) is 13.6. The van der Waals surface area contributed by atoms with Gasteiger partial charge in [-0.2, -0.15) is 11.8 Å². The summed E-state index contributed by atoms with van der Waals surface area (Å²) in [6, 6.07) is 1.67. The number of Topliss-reactive ketones (excluding diaryl/α,β-unsaturated/α-hetero) is 2. The van der Waals surface area contributed by atoms with Crippen molar-refractivity contribution in [3.8, 4) is 0 Å². The zero-order valence-corrected chi connectivity index (χ0v) is 19.4. The standard InChI is InChI=1S/C22H30O5S2/c1-12(2)27-17-9-10-29(25,26)22-13(3)11-15(14(4)19(17)22)21(24)20-16(23)7-6-8-18(20)28-5/h11-12,17-18,20H,6-10H2,1-5H3. The average molecular weight is 439 g/mol. The van der Waals surface area contributed by atoms with Crippen molar-refractivity contribution in [3.63, 3.8) is 0 Å². The Balaban J connectivity index is 2.16. The number of ether oxygens (including phenoxy) is 1. The van der Waals surface area contributed by atoms with Crippen molar-refractivity contribution in [1.82, 2.24) is 0 Å².